The van der Waals surface area contributed by atoms with Crippen molar-refractivity contribution in [2.75, 3.05) is 12.3 Å². The van der Waals surface area contributed by atoms with Crippen molar-refractivity contribution in [3.05, 3.63) is 18.2 Å². The zero-order valence-corrected chi connectivity index (χ0v) is 19.4. The minimum absolute atomic E-state index is 0.0429. The van der Waals surface area contributed by atoms with Crippen LogP contribution in [0.2, 0.25) is 0 Å². The molecule has 2 N–H and O–H groups in total. The molecule has 162 valence electrons. The topological polar surface area (TPSA) is 98.3 Å². The number of benzene rings is 1. The van der Waals surface area contributed by atoms with Gasteiger partial charge in [0.1, 0.15) is 0 Å². The van der Waals surface area contributed by atoms with Crippen molar-refractivity contribution >= 4 is 38.7 Å². The van der Waals surface area contributed by atoms with Gasteiger partial charge >= 0.3 is 0 Å². The number of imidazole rings is 1. The Labute approximate surface area is 178 Å². The fraction of sp³-hybridized carbons (Fsp3) is 0.600. The Morgan fingerprint density at radius 2 is 2.00 bits per heavy atom. The Hall–Kier alpha value is -1.58. The van der Waals surface area contributed by atoms with Gasteiger partial charge in [0.15, 0.2) is 5.16 Å². The number of hydrogen-bond donors (Lipinski definition) is 1. The summed E-state index contributed by atoms with van der Waals surface area (Å²) in [7, 11) is -3.79. The Morgan fingerprint density at radius 1 is 1.28 bits per heavy atom. The molecule has 0 aliphatic rings. The minimum atomic E-state index is -3.79. The molecule has 0 spiro atoms. The van der Waals surface area contributed by atoms with E-state index in [0.717, 1.165) is 49.4 Å². The molecule has 7 nitrogen and oxygen atoms in total. The molecule has 2 aromatic rings. The van der Waals surface area contributed by atoms with Crippen LogP contribution in [0.3, 0.4) is 0 Å². The van der Waals surface area contributed by atoms with Gasteiger partial charge in [-0.3, -0.25) is 4.79 Å². The smallest absolute Gasteiger partial charge is 0.238 e. The van der Waals surface area contributed by atoms with Crippen LogP contribution in [0, 0.1) is 0 Å². The van der Waals surface area contributed by atoms with Crippen LogP contribution < -0.4 is 5.14 Å². The van der Waals surface area contributed by atoms with Crippen molar-refractivity contribution < 1.29 is 13.2 Å². The van der Waals surface area contributed by atoms with Gasteiger partial charge < -0.3 is 9.47 Å². The van der Waals surface area contributed by atoms with Gasteiger partial charge in [0.05, 0.1) is 21.7 Å². The number of fused-ring (bicyclic) bond motifs is 1. The van der Waals surface area contributed by atoms with Crippen LogP contribution in [-0.2, 0) is 21.4 Å². The molecule has 0 saturated carbocycles. The van der Waals surface area contributed by atoms with Crippen molar-refractivity contribution in [3.8, 4) is 0 Å². The molecule has 1 atom stereocenters. The van der Waals surface area contributed by atoms with Gasteiger partial charge in [0.25, 0.3) is 0 Å². The van der Waals surface area contributed by atoms with E-state index in [4.69, 9.17) is 5.14 Å². The Balaban J connectivity index is 2.27. The van der Waals surface area contributed by atoms with E-state index in [9.17, 15) is 13.2 Å². The maximum absolute atomic E-state index is 12.9. The highest BCUT2D eigenvalue weighted by Crippen LogP contribution is 2.27. The van der Waals surface area contributed by atoms with Crippen molar-refractivity contribution in [1.29, 1.82) is 0 Å². The average molecular weight is 441 g/mol. The van der Waals surface area contributed by atoms with E-state index in [-0.39, 0.29) is 16.8 Å². The summed E-state index contributed by atoms with van der Waals surface area (Å²) in [6.07, 6.45) is 3.86. The number of thioether (sulfide) groups is 1. The van der Waals surface area contributed by atoms with Crippen LogP contribution in [0.5, 0.6) is 0 Å². The van der Waals surface area contributed by atoms with Crippen LogP contribution in [0.25, 0.3) is 11.0 Å². The Bertz CT molecular complexity index is 941. The van der Waals surface area contributed by atoms with E-state index < -0.39 is 10.0 Å². The van der Waals surface area contributed by atoms with Gasteiger partial charge in [-0.25, -0.2) is 18.5 Å². The highest BCUT2D eigenvalue weighted by Gasteiger charge is 2.20. The lowest BCUT2D eigenvalue weighted by Crippen LogP contribution is -2.40. The highest BCUT2D eigenvalue weighted by molar-refractivity contribution is 7.99. The molecule has 1 heterocycles. The van der Waals surface area contributed by atoms with E-state index in [1.807, 2.05) is 9.47 Å². The normalized spacial score (nSPS) is 13.0. The van der Waals surface area contributed by atoms with E-state index >= 15 is 0 Å². The standard InChI is InChI=1S/C20H32N4O3S2/c1-5-8-12-23(15(4)7-3)19(25)14-28-20-22-17-13-16(29(21,26)27)9-10-18(17)24(20)11-6-2/h9-10,13,15H,5-8,11-12,14H2,1-4H3,(H2,21,26,27)/t15-/m0/s1. The van der Waals surface area contributed by atoms with Crippen molar-refractivity contribution in [2.45, 2.75) is 76.0 Å². The minimum Gasteiger partial charge on any atom is -0.339 e. The second-order valence-electron chi connectivity index (χ2n) is 7.23. The summed E-state index contributed by atoms with van der Waals surface area (Å²) in [6.45, 7) is 9.88. The molecule has 0 unspecified atom stereocenters. The molecule has 29 heavy (non-hydrogen) atoms. The van der Waals surface area contributed by atoms with Gasteiger partial charge in [-0.1, -0.05) is 39.0 Å². The molecule has 0 aliphatic carbocycles. The number of sulfonamides is 1. The van der Waals surface area contributed by atoms with E-state index in [2.05, 4.69) is 32.7 Å². The summed E-state index contributed by atoms with van der Waals surface area (Å²) in [4.78, 5) is 19.5. The molecule has 0 saturated heterocycles. The van der Waals surface area contributed by atoms with Crippen molar-refractivity contribution in [1.82, 2.24) is 14.5 Å². The second kappa shape index (κ2) is 10.4. The quantitative estimate of drug-likeness (QED) is 0.538. The zero-order chi connectivity index (χ0) is 21.6. The third-order valence-corrected chi connectivity index (χ3v) is 6.85. The van der Waals surface area contributed by atoms with Crippen molar-refractivity contribution in [3.63, 3.8) is 0 Å². The number of aromatic nitrogens is 2. The monoisotopic (exact) mass is 440 g/mol. The predicted octanol–water partition coefficient (Wildman–Crippen LogP) is 3.61. The number of carbonyl (C=O) groups excluding carboxylic acids is 1. The number of rotatable bonds is 11. The number of unbranched alkanes of at least 4 members (excludes halogenated alkanes) is 1. The fourth-order valence-corrected chi connectivity index (χ4v) is 4.62. The number of amides is 1. The first-order valence-electron chi connectivity index (χ1n) is 10.2. The molecule has 0 aliphatic heterocycles. The molecule has 0 radical (unpaired) electrons. The second-order valence-corrected chi connectivity index (χ2v) is 9.73. The molecule has 1 amide bonds. The third kappa shape index (κ3) is 5.96. The maximum Gasteiger partial charge on any atom is 0.238 e. The molecule has 0 fully saturated rings. The van der Waals surface area contributed by atoms with Gasteiger partial charge in [0, 0.05) is 19.1 Å². The summed E-state index contributed by atoms with van der Waals surface area (Å²) in [5.74, 6) is 0.418. The lowest BCUT2D eigenvalue weighted by Gasteiger charge is -2.28. The van der Waals surface area contributed by atoms with Crippen molar-refractivity contribution in [2.24, 2.45) is 5.14 Å². The first-order chi connectivity index (χ1) is 13.7. The number of primary sulfonamides is 1. The summed E-state index contributed by atoms with van der Waals surface area (Å²) in [5.41, 5.74) is 1.42. The maximum atomic E-state index is 12.9. The molecular weight excluding hydrogens is 408 g/mol. The third-order valence-electron chi connectivity index (χ3n) is 4.98. The van der Waals surface area contributed by atoms with Gasteiger partial charge in [-0.05, 0) is 44.4 Å². The molecule has 9 heteroatoms. The number of hydrogen-bond acceptors (Lipinski definition) is 5. The zero-order valence-electron chi connectivity index (χ0n) is 17.7. The molecule has 0 bridgehead atoms. The predicted molar refractivity (Wildman–Crippen MR) is 118 cm³/mol. The molecular formula is C20H32N4O3S2. The van der Waals surface area contributed by atoms with Gasteiger partial charge in [-0.15, -0.1) is 0 Å². The Kier molecular flexibility index (Phi) is 8.54. The Morgan fingerprint density at radius 3 is 2.59 bits per heavy atom. The summed E-state index contributed by atoms with van der Waals surface area (Å²) in [5, 5.41) is 5.97. The molecule has 2 rings (SSSR count). The average Bonchev–Trinajstić information content (AvgIpc) is 3.02. The van der Waals surface area contributed by atoms with E-state index in [0.29, 0.717) is 11.3 Å². The van der Waals surface area contributed by atoms with Gasteiger partial charge in [-0.2, -0.15) is 0 Å². The lowest BCUT2D eigenvalue weighted by molar-refractivity contribution is -0.130. The summed E-state index contributed by atoms with van der Waals surface area (Å²) >= 11 is 1.40. The molecule has 1 aromatic carbocycles. The van der Waals surface area contributed by atoms with E-state index in [1.54, 1.807) is 6.07 Å². The van der Waals surface area contributed by atoms with Crippen LogP contribution in [0.4, 0.5) is 0 Å². The van der Waals surface area contributed by atoms with Crippen LogP contribution >= 0.6 is 11.8 Å². The molecule has 1 aromatic heterocycles. The number of nitrogens with two attached hydrogens (primary N) is 1. The van der Waals surface area contributed by atoms with E-state index in [1.165, 1.54) is 23.9 Å². The van der Waals surface area contributed by atoms with Crippen LogP contribution in [0.15, 0.2) is 28.3 Å². The number of carbonyl (C=O) groups is 1. The van der Waals surface area contributed by atoms with Crippen LogP contribution in [0.1, 0.15) is 53.4 Å². The van der Waals surface area contributed by atoms with Gasteiger partial charge in [0.2, 0.25) is 15.9 Å². The summed E-state index contributed by atoms with van der Waals surface area (Å²) < 4.78 is 25.3. The number of nitrogens with zero attached hydrogens (tertiary/aromatic N) is 3. The summed E-state index contributed by atoms with van der Waals surface area (Å²) in [6, 6.07) is 4.94. The largest absolute Gasteiger partial charge is 0.339 e. The highest BCUT2D eigenvalue weighted by atomic mass is 32.2. The SMILES string of the molecule is CCCCN(C(=O)CSc1nc2cc(S(N)(=O)=O)ccc2n1CCC)[C@@H](C)CC. The number of aryl methyl sites for hydroxylation is 1. The lowest BCUT2D eigenvalue weighted by atomic mass is 10.2. The first-order valence-corrected chi connectivity index (χ1v) is 12.7. The van der Waals surface area contributed by atoms with Crippen LogP contribution in [-0.4, -0.2) is 47.1 Å². The first kappa shape index (κ1) is 23.7. The fourth-order valence-electron chi connectivity index (χ4n) is 3.16.